The Hall–Kier alpha value is -2.29. The predicted octanol–water partition coefficient (Wildman–Crippen LogP) is 2.45. The van der Waals surface area contributed by atoms with Crippen molar-refractivity contribution < 1.29 is 4.79 Å². The van der Waals surface area contributed by atoms with Crippen molar-refractivity contribution in [2.24, 2.45) is 5.73 Å². The molecule has 0 radical (unpaired) electrons. The highest BCUT2D eigenvalue weighted by atomic mass is 16.1. The summed E-state index contributed by atoms with van der Waals surface area (Å²) in [5.74, 6) is -0.356. The van der Waals surface area contributed by atoms with E-state index >= 15 is 0 Å². The number of H-pyrrole nitrogens is 1. The van der Waals surface area contributed by atoms with E-state index in [1.807, 2.05) is 12.1 Å². The van der Waals surface area contributed by atoms with Gasteiger partial charge in [0.25, 0.3) is 0 Å². The fourth-order valence-corrected chi connectivity index (χ4v) is 2.99. The molecule has 1 aromatic heterocycles. The zero-order valence-electron chi connectivity index (χ0n) is 9.73. The number of nitrogens with one attached hydrogen (secondary N) is 1. The van der Waals surface area contributed by atoms with Crippen LogP contribution >= 0.6 is 0 Å². The minimum Gasteiger partial charge on any atom is -0.369 e. The number of hydrogen-bond donors (Lipinski definition) is 2. The van der Waals surface area contributed by atoms with Gasteiger partial charge in [0.05, 0.1) is 11.4 Å². The molecule has 3 nitrogen and oxygen atoms in total. The van der Waals surface area contributed by atoms with Crippen LogP contribution in [0.5, 0.6) is 0 Å². The molecular weight excluding hydrogens is 224 g/mol. The first-order valence-electron chi connectivity index (χ1n) is 6.07. The molecule has 0 aliphatic heterocycles. The van der Waals surface area contributed by atoms with Gasteiger partial charge in [-0.15, -0.1) is 0 Å². The summed E-state index contributed by atoms with van der Waals surface area (Å²) in [5.41, 5.74) is 9.95. The quantitative estimate of drug-likeness (QED) is 0.670. The molecule has 0 spiro atoms. The number of para-hydroxylation sites is 1. The van der Waals surface area contributed by atoms with Gasteiger partial charge in [0.2, 0.25) is 5.91 Å². The number of fused-ring (bicyclic) bond motifs is 5. The molecule has 1 aliphatic rings. The normalized spacial score (nSPS) is 17.7. The van der Waals surface area contributed by atoms with Gasteiger partial charge in [0.1, 0.15) is 0 Å². The number of aromatic nitrogens is 1. The largest absolute Gasteiger partial charge is 0.369 e. The Kier molecular flexibility index (Phi) is 1.69. The van der Waals surface area contributed by atoms with Gasteiger partial charge in [0.15, 0.2) is 0 Å². The standard InChI is InChI=1S/C15H12N2O/c16-15(18)11-7-8-5-6-10-9-3-1-2-4-12(9)17-14(10)13(8)11/h1-6,11,17H,7H2,(H2,16,18). The van der Waals surface area contributed by atoms with Crippen molar-refractivity contribution in [1.29, 1.82) is 0 Å². The van der Waals surface area contributed by atoms with Gasteiger partial charge in [0, 0.05) is 16.3 Å². The molecule has 1 heterocycles. The number of primary amides is 1. The highest BCUT2D eigenvalue weighted by Crippen LogP contribution is 2.41. The van der Waals surface area contributed by atoms with Crippen LogP contribution in [-0.2, 0) is 11.2 Å². The molecule has 2 aromatic carbocycles. The van der Waals surface area contributed by atoms with E-state index in [1.54, 1.807) is 0 Å². The third kappa shape index (κ3) is 1.06. The van der Waals surface area contributed by atoms with Crippen LogP contribution in [0.15, 0.2) is 36.4 Å². The lowest BCUT2D eigenvalue weighted by molar-refractivity contribution is -0.119. The molecule has 3 aromatic rings. The van der Waals surface area contributed by atoms with Crippen molar-refractivity contribution in [2.45, 2.75) is 12.3 Å². The van der Waals surface area contributed by atoms with E-state index in [9.17, 15) is 4.79 Å². The molecular formula is C15H12N2O. The summed E-state index contributed by atoms with van der Waals surface area (Å²) in [7, 11) is 0. The number of nitrogens with two attached hydrogens (primary N) is 1. The Labute approximate surface area is 104 Å². The lowest BCUT2D eigenvalue weighted by atomic mass is 9.76. The first-order chi connectivity index (χ1) is 8.75. The molecule has 1 amide bonds. The lowest BCUT2D eigenvalue weighted by Crippen LogP contribution is -2.30. The van der Waals surface area contributed by atoms with Crippen LogP contribution in [0, 0.1) is 0 Å². The fraction of sp³-hybridized carbons (Fsp3) is 0.133. The molecule has 4 rings (SSSR count). The summed E-state index contributed by atoms with van der Waals surface area (Å²) < 4.78 is 0. The van der Waals surface area contributed by atoms with Crippen LogP contribution in [0.4, 0.5) is 0 Å². The maximum atomic E-state index is 11.4. The van der Waals surface area contributed by atoms with Crippen molar-refractivity contribution >= 4 is 27.7 Å². The highest BCUT2D eigenvalue weighted by molar-refractivity contribution is 6.10. The third-order valence-electron chi connectivity index (χ3n) is 3.93. The zero-order chi connectivity index (χ0) is 12.3. The monoisotopic (exact) mass is 236 g/mol. The zero-order valence-corrected chi connectivity index (χ0v) is 9.73. The number of aromatic amines is 1. The van der Waals surface area contributed by atoms with Crippen molar-refractivity contribution in [2.75, 3.05) is 0 Å². The van der Waals surface area contributed by atoms with Gasteiger partial charge in [-0.1, -0.05) is 30.3 Å². The van der Waals surface area contributed by atoms with Gasteiger partial charge in [-0.3, -0.25) is 4.79 Å². The number of amides is 1. The van der Waals surface area contributed by atoms with Crippen LogP contribution in [0.25, 0.3) is 21.8 Å². The molecule has 0 saturated carbocycles. The van der Waals surface area contributed by atoms with E-state index < -0.39 is 0 Å². The maximum absolute atomic E-state index is 11.4. The molecule has 1 aliphatic carbocycles. The van der Waals surface area contributed by atoms with Gasteiger partial charge in [-0.2, -0.15) is 0 Å². The van der Waals surface area contributed by atoms with Crippen LogP contribution < -0.4 is 5.73 Å². The van der Waals surface area contributed by atoms with E-state index in [2.05, 4.69) is 29.2 Å². The molecule has 0 saturated heterocycles. The molecule has 3 heteroatoms. The van der Waals surface area contributed by atoms with Gasteiger partial charge in [-0.05, 0) is 23.6 Å². The lowest BCUT2D eigenvalue weighted by Gasteiger charge is -2.28. The van der Waals surface area contributed by atoms with Gasteiger partial charge < -0.3 is 10.7 Å². The predicted molar refractivity (Wildman–Crippen MR) is 71.4 cm³/mol. The Morgan fingerprint density at radius 1 is 1.17 bits per heavy atom. The minimum atomic E-state index is -0.228. The Morgan fingerprint density at radius 3 is 2.83 bits per heavy atom. The summed E-state index contributed by atoms with van der Waals surface area (Å²) in [6.45, 7) is 0. The van der Waals surface area contributed by atoms with Crippen molar-refractivity contribution in [3.63, 3.8) is 0 Å². The molecule has 1 atom stereocenters. The number of hydrogen-bond acceptors (Lipinski definition) is 1. The SMILES string of the molecule is NC(=O)C1Cc2ccc3c([nH]c4ccccc43)c21. The van der Waals surface area contributed by atoms with Crippen molar-refractivity contribution in [3.8, 4) is 0 Å². The van der Waals surface area contributed by atoms with Crippen molar-refractivity contribution in [3.05, 3.63) is 47.5 Å². The smallest absolute Gasteiger partial charge is 0.225 e. The third-order valence-corrected chi connectivity index (χ3v) is 3.93. The van der Waals surface area contributed by atoms with Crippen LogP contribution in [-0.4, -0.2) is 10.9 Å². The Bertz CT molecular complexity index is 801. The number of carbonyl (C=O) groups is 1. The maximum Gasteiger partial charge on any atom is 0.225 e. The summed E-state index contributed by atoms with van der Waals surface area (Å²) in [4.78, 5) is 14.8. The number of benzene rings is 2. The van der Waals surface area contributed by atoms with E-state index in [4.69, 9.17) is 5.73 Å². The van der Waals surface area contributed by atoms with E-state index in [0.717, 1.165) is 23.0 Å². The first-order valence-corrected chi connectivity index (χ1v) is 6.07. The average molecular weight is 236 g/mol. The van der Waals surface area contributed by atoms with Crippen LogP contribution in [0.3, 0.4) is 0 Å². The molecule has 0 fully saturated rings. The molecule has 88 valence electrons. The first kappa shape index (κ1) is 9.71. The summed E-state index contributed by atoms with van der Waals surface area (Å²) in [6.07, 6.45) is 0.774. The number of rotatable bonds is 1. The fourth-order valence-electron chi connectivity index (χ4n) is 2.99. The minimum absolute atomic E-state index is 0.128. The number of carbonyl (C=O) groups excluding carboxylic acids is 1. The Balaban J connectivity index is 2.12. The molecule has 0 bridgehead atoms. The van der Waals surface area contributed by atoms with Gasteiger partial charge >= 0.3 is 0 Å². The summed E-state index contributed by atoms with van der Waals surface area (Å²) in [5, 5.41) is 2.38. The van der Waals surface area contributed by atoms with Crippen LogP contribution in [0.2, 0.25) is 0 Å². The average Bonchev–Trinajstić information content (AvgIpc) is 2.66. The molecule has 18 heavy (non-hydrogen) atoms. The second kappa shape index (κ2) is 3.13. The highest BCUT2D eigenvalue weighted by Gasteiger charge is 2.33. The topological polar surface area (TPSA) is 58.9 Å². The second-order valence-corrected chi connectivity index (χ2v) is 4.89. The van der Waals surface area contributed by atoms with E-state index in [1.165, 1.54) is 16.3 Å². The molecule has 1 unspecified atom stereocenters. The van der Waals surface area contributed by atoms with Crippen molar-refractivity contribution in [1.82, 2.24) is 4.98 Å². The van der Waals surface area contributed by atoms with E-state index in [0.29, 0.717) is 0 Å². The summed E-state index contributed by atoms with van der Waals surface area (Å²) in [6, 6.07) is 12.4. The Morgan fingerprint density at radius 2 is 2.00 bits per heavy atom. The summed E-state index contributed by atoms with van der Waals surface area (Å²) >= 11 is 0. The molecule has 3 N–H and O–H groups in total. The van der Waals surface area contributed by atoms with E-state index in [-0.39, 0.29) is 11.8 Å². The van der Waals surface area contributed by atoms with Gasteiger partial charge in [-0.25, -0.2) is 0 Å². The van der Waals surface area contributed by atoms with Crippen LogP contribution in [0.1, 0.15) is 17.0 Å². The second-order valence-electron chi connectivity index (χ2n) is 4.89.